The molecule has 7 nitrogen and oxygen atoms in total. The average Bonchev–Trinajstić information content (AvgIpc) is 3.18. The molecule has 0 radical (unpaired) electrons. The van der Waals surface area contributed by atoms with E-state index in [0.717, 1.165) is 31.7 Å². The van der Waals surface area contributed by atoms with Crippen molar-refractivity contribution < 1.29 is 13.9 Å². The van der Waals surface area contributed by atoms with E-state index in [0.29, 0.717) is 25.6 Å². The van der Waals surface area contributed by atoms with Gasteiger partial charge in [-0.3, -0.25) is 9.59 Å². The molecular weight excluding hydrogens is 339 g/mol. The van der Waals surface area contributed by atoms with E-state index < -0.39 is 5.82 Å². The smallest absolute Gasteiger partial charge is 0.316 e. The largest absolute Gasteiger partial charge is 0.463 e. The third kappa shape index (κ3) is 2.95. The van der Waals surface area contributed by atoms with Crippen molar-refractivity contribution in [2.45, 2.75) is 19.3 Å². The molecule has 8 heteroatoms. The molecule has 2 aromatic heterocycles. The zero-order chi connectivity index (χ0) is 18.1. The molecule has 1 aliphatic carbocycles. The fourth-order valence-corrected chi connectivity index (χ4v) is 4.15. The van der Waals surface area contributed by atoms with E-state index in [1.807, 2.05) is 0 Å². The minimum Gasteiger partial charge on any atom is -0.463 e. The quantitative estimate of drug-likeness (QED) is 0.897. The molecule has 1 saturated heterocycles. The number of H-pyrrole nitrogens is 1. The second kappa shape index (κ2) is 6.51. The van der Waals surface area contributed by atoms with Gasteiger partial charge in [0, 0.05) is 24.7 Å². The van der Waals surface area contributed by atoms with Gasteiger partial charge in [-0.05, 0) is 30.9 Å². The Balaban J connectivity index is 1.49. The third-order valence-electron chi connectivity index (χ3n) is 5.46. The molecule has 136 valence electrons. The van der Waals surface area contributed by atoms with Crippen molar-refractivity contribution in [1.82, 2.24) is 19.9 Å². The average molecular weight is 358 g/mol. The molecule has 2 atom stereocenters. The fourth-order valence-electron chi connectivity index (χ4n) is 4.15. The van der Waals surface area contributed by atoms with Crippen LogP contribution < -0.4 is 10.3 Å². The van der Waals surface area contributed by atoms with Crippen molar-refractivity contribution in [1.29, 1.82) is 0 Å². The first-order valence-electron chi connectivity index (χ1n) is 8.65. The highest BCUT2D eigenvalue weighted by molar-refractivity contribution is 5.94. The van der Waals surface area contributed by atoms with Gasteiger partial charge >= 0.3 is 6.01 Å². The first kappa shape index (κ1) is 16.7. The fraction of sp³-hybridized carbons (Fsp3) is 0.444. The predicted octanol–water partition coefficient (Wildman–Crippen LogP) is 1.63. The van der Waals surface area contributed by atoms with Crippen LogP contribution in [0.15, 0.2) is 35.5 Å². The Labute approximate surface area is 149 Å². The lowest BCUT2D eigenvalue weighted by Gasteiger charge is -2.28. The molecular formula is C18H19FN4O3. The van der Waals surface area contributed by atoms with Crippen molar-refractivity contribution >= 4 is 5.91 Å². The topological polar surface area (TPSA) is 88.2 Å². The van der Waals surface area contributed by atoms with E-state index in [-0.39, 0.29) is 28.5 Å². The summed E-state index contributed by atoms with van der Waals surface area (Å²) in [7, 11) is 0. The summed E-state index contributed by atoms with van der Waals surface area (Å²) in [4.78, 5) is 36.6. The number of likely N-dealkylation sites (tertiary alicyclic amines) is 1. The third-order valence-corrected chi connectivity index (χ3v) is 5.46. The van der Waals surface area contributed by atoms with Crippen LogP contribution in [-0.4, -0.2) is 45.5 Å². The molecule has 4 rings (SSSR count). The minimum absolute atomic E-state index is 0.135. The van der Waals surface area contributed by atoms with Gasteiger partial charge in [0.05, 0.1) is 19.0 Å². The number of rotatable bonds is 4. The molecule has 3 heterocycles. The zero-order valence-electron chi connectivity index (χ0n) is 14.2. The van der Waals surface area contributed by atoms with Crippen molar-refractivity contribution in [2.24, 2.45) is 11.3 Å². The van der Waals surface area contributed by atoms with E-state index in [2.05, 4.69) is 15.0 Å². The number of carbonyl (C=O) groups is 1. The number of hydrogen-bond acceptors (Lipinski definition) is 5. The molecule has 26 heavy (non-hydrogen) atoms. The molecule has 1 saturated carbocycles. The van der Waals surface area contributed by atoms with E-state index in [9.17, 15) is 14.0 Å². The normalized spacial score (nSPS) is 24.5. The Morgan fingerprint density at radius 3 is 3.00 bits per heavy atom. The molecule has 1 aliphatic heterocycles. The van der Waals surface area contributed by atoms with Crippen LogP contribution in [0, 0.1) is 17.2 Å². The summed E-state index contributed by atoms with van der Waals surface area (Å²) < 4.78 is 18.6. The Bertz CT molecular complexity index is 869. The lowest BCUT2D eigenvalue weighted by atomic mass is 9.82. The highest BCUT2D eigenvalue weighted by Gasteiger charge is 2.51. The number of fused-ring (bicyclic) bond motifs is 1. The van der Waals surface area contributed by atoms with E-state index >= 15 is 0 Å². The number of aromatic nitrogens is 3. The van der Waals surface area contributed by atoms with Gasteiger partial charge in [0.1, 0.15) is 5.56 Å². The summed E-state index contributed by atoms with van der Waals surface area (Å²) in [5.41, 5.74) is -0.389. The molecule has 0 aromatic carbocycles. The second-order valence-electron chi connectivity index (χ2n) is 7.02. The number of amides is 1. The summed E-state index contributed by atoms with van der Waals surface area (Å²) in [5.74, 6) is -0.451. The van der Waals surface area contributed by atoms with Crippen LogP contribution in [0.3, 0.4) is 0 Å². The number of nitrogens with zero attached hydrogens (tertiary/aromatic N) is 3. The van der Waals surface area contributed by atoms with E-state index in [1.165, 1.54) is 6.20 Å². The van der Waals surface area contributed by atoms with E-state index in [4.69, 9.17) is 4.74 Å². The van der Waals surface area contributed by atoms with Crippen LogP contribution in [0.2, 0.25) is 0 Å². The van der Waals surface area contributed by atoms with Crippen molar-refractivity contribution in [3.63, 3.8) is 0 Å². The number of halogens is 1. The standard InChI is InChI=1S/C18H19FN4O3/c19-13-7-21-17(22-8-13)26-11-18-5-1-3-12(18)9-23(10-18)16(25)14-4-2-6-20-15(14)24/h2,4,6-8,12H,1,3,5,9-11H2,(H,20,24). The van der Waals surface area contributed by atoms with Crippen LogP contribution in [0.5, 0.6) is 6.01 Å². The number of pyridine rings is 1. The highest BCUT2D eigenvalue weighted by atomic mass is 19.1. The summed E-state index contributed by atoms with van der Waals surface area (Å²) in [6.07, 6.45) is 6.68. The first-order chi connectivity index (χ1) is 12.6. The van der Waals surface area contributed by atoms with Gasteiger partial charge in [0.2, 0.25) is 0 Å². The maximum absolute atomic E-state index is 12.9. The Hall–Kier alpha value is -2.77. The van der Waals surface area contributed by atoms with Crippen molar-refractivity contribution in [3.05, 3.63) is 52.5 Å². The SMILES string of the molecule is O=C(c1ccc[nH]c1=O)N1CC2CCCC2(COc2ncc(F)cn2)C1. The van der Waals surface area contributed by atoms with Gasteiger partial charge in [-0.25, -0.2) is 14.4 Å². The predicted molar refractivity (Wildman–Crippen MR) is 90.2 cm³/mol. The van der Waals surface area contributed by atoms with Crippen LogP contribution in [-0.2, 0) is 0 Å². The summed E-state index contributed by atoms with van der Waals surface area (Å²) in [6, 6.07) is 3.33. The minimum atomic E-state index is -0.514. The second-order valence-corrected chi connectivity index (χ2v) is 7.02. The monoisotopic (exact) mass is 358 g/mol. The lowest BCUT2D eigenvalue weighted by molar-refractivity contribution is 0.0740. The number of ether oxygens (including phenoxy) is 1. The molecule has 2 aromatic rings. The molecule has 1 amide bonds. The van der Waals surface area contributed by atoms with Crippen molar-refractivity contribution in [2.75, 3.05) is 19.7 Å². The van der Waals surface area contributed by atoms with Crippen LogP contribution in [0.25, 0.3) is 0 Å². The zero-order valence-corrected chi connectivity index (χ0v) is 14.2. The maximum atomic E-state index is 12.9. The van der Waals surface area contributed by atoms with Crippen LogP contribution >= 0.6 is 0 Å². The number of carbonyl (C=O) groups excluding carboxylic acids is 1. The number of aromatic amines is 1. The first-order valence-corrected chi connectivity index (χ1v) is 8.65. The lowest BCUT2D eigenvalue weighted by Crippen LogP contribution is -2.37. The molecule has 0 bridgehead atoms. The van der Waals surface area contributed by atoms with Crippen molar-refractivity contribution in [3.8, 4) is 6.01 Å². The summed E-state index contributed by atoms with van der Waals surface area (Å²) >= 11 is 0. The molecule has 0 spiro atoms. The number of nitrogens with one attached hydrogen (secondary N) is 1. The van der Waals surface area contributed by atoms with Gasteiger partial charge in [-0.2, -0.15) is 0 Å². The summed E-state index contributed by atoms with van der Waals surface area (Å²) in [6.45, 7) is 1.52. The Morgan fingerprint density at radius 1 is 1.42 bits per heavy atom. The molecule has 1 N–H and O–H groups in total. The van der Waals surface area contributed by atoms with Crippen LogP contribution in [0.4, 0.5) is 4.39 Å². The summed E-state index contributed by atoms with van der Waals surface area (Å²) in [5, 5.41) is 0. The molecule has 2 fully saturated rings. The van der Waals surface area contributed by atoms with E-state index in [1.54, 1.807) is 17.0 Å². The van der Waals surface area contributed by atoms with Gasteiger partial charge in [-0.15, -0.1) is 0 Å². The Kier molecular flexibility index (Phi) is 4.18. The maximum Gasteiger partial charge on any atom is 0.316 e. The van der Waals surface area contributed by atoms with Gasteiger partial charge in [-0.1, -0.05) is 6.42 Å². The Morgan fingerprint density at radius 2 is 2.23 bits per heavy atom. The number of hydrogen-bond donors (Lipinski definition) is 1. The highest BCUT2D eigenvalue weighted by Crippen LogP contribution is 2.49. The van der Waals surface area contributed by atoms with Crippen LogP contribution in [0.1, 0.15) is 29.6 Å². The van der Waals surface area contributed by atoms with Gasteiger partial charge in [0.25, 0.3) is 11.5 Å². The molecule has 2 aliphatic rings. The molecule has 2 unspecified atom stereocenters. The van der Waals surface area contributed by atoms with Gasteiger partial charge in [0.15, 0.2) is 5.82 Å². The van der Waals surface area contributed by atoms with Gasteiger partial charge < -0.3 is 14.6 Å².